The van der Waals surface area contributed by atoms with Crippen LogP contribution in [0, 0.1) is 21.4 Å². The molecule has 2 aromatic carbocycles. The number of nitriles is 1. The summed E-state index contributed by atoms with van der Waals surface area (Å²) in [6.45, 7) is 0. The van der Waals surface area contributed by atoms with Gasteiger partial charge in [-0.3, -0.25) is 14.9 Å². The van der Waals surface area contributed by atoms with Crippen LogP contribution < -0.4 is 0 Å². The van der Waals surface area contributed by atoms with Crippen molar-refractivity contribution < 1.29 is 14.1 Å². The summed E-state index contributed by atoms with van der Waals surface area (Å²) < 4.78 is 6.62. The van der Waals surface area contributed by atoms with Crippen molar-refractivity contribution in [1.82, 2.24) is 0 Å². The molecule has 1 heterocycles. The van der Waals surface area contributed by atoms with Gasteiger partial charge in [0, 0.05) is 33.8 Å². The molecule has 0 spiro atoms. The van der Waals surface area contributed by atoms with Gasteiger partial charge in [0.15, 0.2) is 0 Å². The van der Waals surface area contributed by atoms with Gasteiger partial charge in [-0.15, -0.1) is 0 Å². The smallest absolute Gasteiger partial charge is 0.270 e. The highest BCUT2D eigenvalue weighted by Gasteiger charge is 2.16. The summed E-state index contributed by atoms with van der Waals surface area (Å²) in [5, 5.41) is 20.2. The number of Topliss-reactive ketones (excluding diaryl/α,β-unsaturated/α-hetero) is 1. The van der Waals surface area contributed by atoms with E-state index in [-0.39, 0.29) is 16.8 Å². The van der Waals surface area contributed by atoms with Crippen molar-refractivity contribution in [3.8, 4) is 17.4 Å². The second kappa shape index (κ2) is 7.81. The molecular weight excluding hydrogens is 412 g/mol. The Bertz CT molecular complexity index is 1090. The summed E-state index contributed by atoms with van der Waals surface area (Å²) in [5.74, 6) is 0.319. The Morgan fingerprint density at radius 2 is 1.89 bits per heavy atom. The van der Waals surface area contributed by atoms with Gasteiger partial charge < -0.3 is 4.42 Å². The van der Waals surface area contributed by atoms with E-state index in [4.69, 9.17) is 4.42 Å². The SMILES string of the molecule is N#C/C(=C\c1ccc(-c2ccc(Br)cc2)o1)C(=O)c1cccc([N+](=O)[O-])c1. The minimum Gasteiger partial charge on any atom is -0.457 e. The lowest BCUT2D eigenvalue weighted by Gasteiger charge is -1.99. The summed E-state index contributed by atoms with van der Waals surface area (Å²) in [5.41, 5.74) is 0.527. The fourth-order valence-electron chi connectivity index (χ4n) is 2.41. The van der Waals surface area contributed by atoms with E-state index < -0.39 is 10.7 Å². The lowest BCUT2D eigenvalue weighted by molar-refractivity contribution is -0.384. The first-order chi connectivity index (χ1) is 13.0. The lowest BCUT2D eigenvalue weighted by atomic mass is 10.0. The van der Waals surface area contributed by atoms with E-state index in [2.05, 4.69) is 15.9 Å². The fraction of sp³-hybridized carbons (Fsp3) is 0. The summed E-state index contributed by atoms with van der Waals surface area (Å²) in [6.07, 6.45) is 1.32. The second-order valence-electron chi connectivity index (χ2n) is 5.52. The van der Waals surface area contributed by atoms with E-state index in [9.17, 15) is 20.2 Å². The van der Waals surface area contributed by atoms with E-state index in [0.29, 0.717) is 11.5 Å². The van der Waals surface area contributed by atoms with Gasteiger partial charge in [-0.25, -0.2) is 0 Å². The maximum atomic E-state index is 12.5. The number of allylic oxidation sites excluding steroid dienone is 1. The first kappa shape index (κ1) is 18.3. The van der Waals surface area contributed by atoms with Crippen molar-refractivity contribution >= 4 is 33.5 Å². The molecule has 0 bridgehead atoms. The second-order valence-corrected chi connectivity index (χ2v) is 6.43. The van der Waals surface area contributed by atoms with E-state index in [1.165, 1.54) is 24.3 Å². The number of carbonyl (C=O) groups is 1. The van der Waals surface area contributed by atoms with E-state index in [1.54, 1.807) is 12.1 Å². The summed E-state index contributed by atoms with van der Waals surface area (Å²) >= 11 is 3.36. The fourth-order valence-corrected chi connectivity index (χ4v) is 2.67. The highest BCUT2D eigenvalue weighted by atomic mass is 79.9. The van der Waals surface area contributed by atoms with Crippen molar-refractivity contribution in [1.29, 1.82) is 5.26 Å². The van der Waals surface area contributed by atoms with Crippen LogP contribution >= 0.6 is 15.9 Å². The molecular formula is C20H11BrN2O4. The molecule has 1 aromatic heterocycles. The Morgan fingerprint density at radius 3 is 2.56 bits per heavy atom. The molecule has 6 nitrogen and oxygen atoms in total. The van der Waals surface area contributed by atoms with Crippen LogP contribution in [0.25, 0.3) is 17.4 Å². The number of benzene rings is 2. The molecule has 0 atom stereocenters. The minimum absolute atomic E-state index is 0.0664. The Labute approximate surface area is 162 Å². The number of nitro groups is 1. The van der Waals surface area contributed by atoms with E-state index >= 15 is 0 Å². The van der Waals surface area contributed by atoms with Crippen LogP contribution in [0.3, 0.4) is 0 Å². The Hall–Kier alpha value is -3.50. The predicted octanol–water partition coefficient (Wildman–Crippen LogP) is 5.41. The van der Waals surface area contributed by atoms with Gasteiger partial charge in [0.05, 0.1) is 4.92 Å². The number of ketones is 1. The van der Waals surface area contributed by atoms with Crippen LogP contribution in [-0.4, -0.2) is 10.7 Å². The maximum absolute atomic E-state index is 12.5. The number of hydrogen-bond donors (Lipinski definition) is 0. The number of nitro benzene ring substituents is 1. The molecule has 0 amide bonds. The molecule has 0 aliphatic carbocycles. The van der Waals surface area contributed by atoms with Crippen LogP contribution in [0.5, 0.6) is 0 Å². The number of furan rings is 1. The molecule has 27 heavy (non-hydrogen) atoms. The zero-order chi connectivity index (χ0) is 19.4. The number of nitrogens with zero attached hydrogens (tertiary/aromatic N) is 2. The summed E-state index contributed by atoms with van der Waals surface area (Å²) in [6, 6.07) is 18.0. The molecule has 3 rings (SSSR count). The molecule has 0 N–H and O–H groups in total. The Morgan fingerprint density at radius 1 is 1.15 bits per heavy atom. The van der Waals surface area contributed by atoms with Crippen molar-refractivity contribution in [2.45, 2.75) is 0 Å². The first-order valence-corrected chi connectivity index (χ1v) is 8.54. The maximum Gasteiger partial charge on any atom is 0.270 e. The molecule has 7 heteroatoms. The quantitative estimate of drug-likeness (QED) is 0.180. The van der Waals surface area contributed by atoms with Crippen molar-refractivity contribution in [2.75, 3.05) is 0 Å². The standard InChI is InChI=1S/C20H11BrN2O4/c21-16-6-4-13(5-7-16)19-9-8-18(27-19)11-15(12-22)20(24)14-2-1-3-17(10-14)23(25)26/h1-11H/b15-11+. The van der Waals surface area contributed by atoms with Gasteiger partial charge in [0.25, 0.3) is 5.69 Å². The zero-order valence-corrected chi connectivity index (χ0v) is 15.3. The average molecular weight is 423 g/mol. The number of halogens is 1. The number of hydrogen-bond acceptors (Lipinski definition) is 5. The van der Waals surface area contributed by atoms with Crippen LogP contribution in [0.1, 0.15) is 16.1 Å². The molecule has 3 aromatic rings. The zero-order valence-electron chi connectivity index (χ0n) is 13.8. The molecule has 0 aliphatic heterocycles. The Balaban J connectivity index is 1.90. The first-order valence-electron chi connectivity index (χ1n) is 7.74. The molecule has 0 radical (unpaired) electrons. The Kier molecular flexibility index (Phi) is 5.29. The van der Waals surface area contributed by atoms with Crippen LogP contribution in [0.4, 0.5) is 5.69 Å². The average Bonchev–Trinajstić information content (AvgIpc) is 3.15. The molecule has 0 unspecified atom stereocenters. The summed E-state index contributed by atoms with van der Waals surface area (Å²) in [4.78, 5) is 22.8. The third-order valence-corrected chi connectivity index (χ3v) is 4.26. The van der Waals surface area contributed by atoms with Gasteiger partial charge in [-0.2, -0.15) is 5.26 Å². The van der Waals surface area contributed by atoms with Crippen LogP contribution in [-0.2, 0) is 0 Å². The van der Waals surface area contributed by atoms with Gasteiger partial charge in [-0.05, 0) is 24.3 Å². The largest absolute Gasteiger partial charge is 0.457 e. The molecule has 132 valence electrons. The third-order valence-electron chi connectivity index (χ3n) is 3.73. The topological polar surface area (TPSA) is 97.1 Å². The molecule has 0 saturated carbocycles. The van der Waals surface area contributed by atoms with Crippen molar-refractivity contribution in [2.24, 2.45) is 0 Å². The normalized spacial score (nSPS) is 11.0. The third kappa shape index (κ3) is 4.19. The van der Waals surface area contributed by atoms with Crippen molar-refractivity contribution in [3.63, 3.8) is 0 Å². The highest BCUT2D eigenvalue weighted by Crippen LogP contribution is 2.25. The molecule has 0 aliphatic rings. The lowest BCUT2D eigenvalue weighted by Crippen LogP contribution is -2.02. The van der Waals surface area contributed by atoms with E-state index in [1.807, 2.05) is 30.3 Å². The summed E-state index contributed by atoms with van der Waals surface area (Å²) in [7, 11) is 0. The minimum atomic E-state index is -0.609. The van der Waals surface area contributed by atoms with Crippen LogP contribution in [0.15, 0.2) is 75.1 Å². The van der Waals surface area contributed by atoms with Gasteiger partial charge in [0.2, 0.25) is 5.78 Å². The number of carbonyl (C=O) groups excluding carboxylic acids is 1. The van der Waals surface area contributed by atoms with Crippen LogP contribution in [0.2, 0.25) is 0 Å². The van der Waals surface area contributed by atoms with Crippen molar-refractivity contribution in [3.05, 3.63) is 92.1 Å². The number of rotatable bonds is 5. The molecule has 0 fully saturated rings. The van der Waals surface area contributed by atoms with Gasteiger partial charge in [0.1, 0.15) is 23.2 Å². The van der Waals surface area contributed by atoms with E-state index in [0.717, 1.165) is 16.1 Å². The highest BCUT2D eigenvalue weighted by molar-refractivity contribution is 9.10. The van der Waals surface area contributed by atoms with Gasteiger partial charge >= 0.3 is 0 Å². The predicted molar refractivity (Wildman–Crippen MR) is 103 cm³/mol. The monoisotopic (exact) mass is 422 g/mol. The molecule has 0 saturated heterocycles. The van der Waals surface area contributed by atoms with Gasteiger partial charge in [-0.1, -0.05) is 40.2 Å². The number of non-ortho nitro benzene ring substituents is 1.